The third kappa shape index (κ3) is 4.53. The second-order valence-corrected chi connectivity index (χ2v) is 6.79. The number of amides is 1. The van der Waals surface area contributed by atoms with Gasteiger partial charge in [0.2, 0.25) is 0 Å². The molecule has 0 aliphatic rings. The predicted octanol–water partition coefficient (Wildman–Crippen LogP) is 2.98. The van der Waals surface area contributed by atoms with Gasteiger partial charge in [0.15, 0.2) is 11.5 Å². The maximum absolute atomic E-state index is 11.9. The molecule has 0 atom stereocenters. The van der Waals surface area contributed by atoms with Gasteiger partial charge in [0.1, 0.15) is 5.60 Å². The van der Waals surface area contributed by atoms with Crippen LogP contribution in [-0.2, 0) is 10.2 Å². The summed E-state index contributed by atoms with van der Waals surface area (Å²) in [4.78, 5) is 11.9. The molecule has 0 aliphatic carbocycles. The lowest BCUT2D eigenvalue weighted by Crippen LogP contribution is -2.29. The number of anilines is 1. The number of nitrogens with two attached hydrogens (primary N) is 1. The summed E-state index contributed by atoms with van der Waals surface area (Å²) in [7, 11) is 1.45. The summed E-state index contributed by atoms with van der Waals surface area (Å²) >= 11 is 0. The number of carbonyl (C=O) groups is 1. The fourth-order valence-corrected chi connectivity index (χ4v) is 1.78. The van der Waals surface area contributed by atoms with Gasteiger partial charge >= 0.3 is 6.09 Å². The van der Waals surface area contributed by atoms with E-state index >= 15 is 0 Å². The Morgan fingerprint density at radius 2 is 1.86 bits per heavy atom. The largest absolute Gasteiger partial charge is 0.503 e. The molecule has 0 spiro atoms. The van der Waals surface area contributed by atoms with Crippen LogP contribution < -0.4 is 15.8 Å². The van der Waals surface area contributed by atoms with Crippen molar-refractivity contribution in [2.24, 2.45) is 5.73 Å². The Labute approximate surface area is 131 Å². The molecule has 0 unspecified atom stereocenters. The molecule has 0 saturated carbocycles. The van der Waals surface area contributed by atoms with E-state index in [1.54, 1.807) is 32.9 Å². The molecule has 22 heavy (non-hydrogen) atoms. The third-order valence-electron chi connectivity index (χ3n) is 3.22. The quantitative estimate of drug-likeness (QED) is 0.743. The molecule has 1 aromatic rings. The number of carbonyl (C=O) groups excluding carboxylic acids is 1. The number of phenolic OH excluding ortho intramolecular Hbond substituents is 1. The maximum Gasteiger partial charge on any atom is 0.412 e. The minimum Gasteiger partial charge on any atom is -0.503 e. The van der Waals surface area contributed by atoms with E-state index in [4.69, 9.17) is 15.2 Å². The SMILES string of the molecule is COc1cc(C(C)(C)CN)cc(NC(=O)OC(C)(C)C)c1O. The lowest BCUT2D eigenvalue weighted by atomic mass is 9.84. The molecule has 0 aliphatic heterocycles. The highest BCUT2D eigenvalue weighted by Crippen LogP contribution is 2.39. The molecular formula is C16H26N2O4. The molecule has 0 aromatic heterocycles. The van der Waals surface area contributed by atoms with Crippen molar-refractivity contribution in [3.8, 4) is 11.5 Å². The molecule has 6 nitrogen and oxygen atoms in total. The standard InChI is InChI=1S/C16H26N2O4/c1-15(2,3)22-14(20)18-11-7-10(16(4,5)9-17)8-12(21-6)13(11)19/h7-8,19H,9,17H2,1-6H3,(H,18,20). The zero-order chi connectivity index (χ0) is 17.1. The Morgan fingerprint density at radius 1 is 1.27 bits per heavy atom. The topological polar surface area (TPSA) is 93.8 Å². The molecule has 6 heteroatoms. The number of ether oxygens (including phenoxy) is 2. The molecule has 4 N–H and O–H groups in total. The molecule has 0 radical (unpaired) electrons. The van der Waals surface area contributed by atoms with Gasteiger partial charge in [0.25, 0.3) is 0 Å². The number of hydrogen-bond donors (Lipinski definition) is 3. The number of methoxy groups -OCH3 is 1. The number of aromatic hydroxyl groups is 1. The van der Waals surface area contributed by atoms with E-state index in [9.17, 15) is 9.90 Å². The number of benzene rings is 1. The first-order valence-corrected chi connectivity index (χ1v) is 7.11. The van der Waals surface area contributed by atoms with Crippen LogP contribution in [0.1, 0.15) is 40.2 Å². The predicted molar refractivity (Wildman–Crippen MR) is 86.6 cm³/mol. The van der Waals surface area contributed by atoms with Crippen LogP contribution in [0, 0.1) is 0 Å². The normalized spacial score (nSPS) is 12.0. The highest BCUT2D eigenvalue weighted by molar-refractivity contribution is 5.88. The Kier molecular flexibility index (Phi) is 5.30. The second-order valence-electron chi connectivity index (χ2n) is 6.79. The van der Waals surface area contributed by atoms with Gasteiger partial charge in [-0.25, -0.2) is 4.79 Å². The second kappa shape index (κ2) is 6.44. The van der Waals surface area contributed by atoms with Crippen LogP contribution in [0.3, 0.4) is 0 Å². The summed E-state index contributed by atoms with van der Waals surface area (Å²) in [6, 6.07) is 3.39. The minimum atomic E-state index is -0.646. The highest BCUT2D eigenvalue weighted by Gasteiger charge is 2.24. The van der Waals surface area contributed by atoms with E-state index in [-0.39, 0.29) is 22.6 Å². The van der Waals surface area contributed by atoms with Gasteiger partial charge in [-0.15, -0.1) is 0 Å². The molecule has 124 valence electrons. The maximum atomic E-state index is 11.9. The molecule has 0 bridgehead atoms. The van der Waals surface area contributed by atoms with Crippen LogP contribution in [0.5, 0.6) is 11.5 Å². The fourth-order valence-electron chi connectivity index (χ4n) is 1.78. The van der Waals surface area contributed by atoms with Gasteiger partial charge in [-0.05, 0) is 38.5 Å². The first-order chi connectivity index (χ1) is 10.00. The van der Waals surface area contributed by atoms with Crippen LogP contribution in [0.15, 0.2) is 12.1 Å². The molecule has 0 heterocycles. The average molecular weight is 310 g/mol. The van der Waals surface area contributed by atoms with Crippen molar-refractivity contribution in [3.63, 3.8) is 0 Å². The van der Waals surface area contributed by atoms with E-state index in [1.165, 1.54) is 7.11 Å². The summed E-state index contributed by atoms with van der Waals surface area (Å²) in [5, 5.41) is 12.7. The third-order valence-corrected chi connectivity index (χ3v) is 3.22. The number of nitrogens with one attached hydrogen (secondary N) is 1. The summed E-state index contributed by atoms with van der Waals surface area (Å²) in [6.45, 7) is 9.64. The van der Waals surface area contributed by atoms with E-state index in [1.807, 2.05) is 13.8 Å². The highest BCUT2D eigenvalue weighted by atomic mass is 16.6. The Hall–Kier alpha value is -1.95. The molecule has 1 aromatic carbocycles. The molecule has 0 fully saturated rings. The number of rotatable bonds is 4. The number of phenols is 1. The van der Waals surface area contributed by atoms with Gasteiger partial charge in [-0.2, -0.15) is 0 Å². The lowest BCUT2D eigenvalue weighted by Gasteiger charge is -2.25. The lowest BCUT2D eigenvalue weighted by molar-refractivity contribution is 0.0635. The van der Waals surface area contributed by atoms with Crippen molar-refractivity contribution in [2.45, 2.75) is 45.6 Å². The first kappa shape index (κ1) is 18.1. The van der Waals surface area contributed by atoms with Crippen LogP contribution in [0.2, 0.25) is 0 Å². The van der Waals surface area contributed by atoms with E-state index < -0.39 is 11.7 Å². The van der Waals surface area contributed by atoms with Gasteiger partial charge in [-0.1, -0.05) is 13.8 Å². The first-order valence-electron chi connectivity index (χ1n) is 7.11. The van der Waals surface area contributed by atoms with E-state index in [0.29, 0.717) is 6.54 Å². The number of hydrogen-bond acceptors (Lipinski definition) is 5. The van der Waals surface area contributed by atoms with E-state index in [2.05, 4.69) is 5.32 Å². The molecule has 1 rings (SSSR count). The van der Waals surface area contributed by atoms with Gasteiger partial charge < -0.3 is 20.3 Å². The van der Waals surface area contributed by atoms with Crippen molar-refractivity contribution < 1.29 is 19.4 Å². The van der Waals surface area contributed by atoms with Crippen LogP contribution in [-0.4, -0.2) is 30.5 Å². The Morgan fingerprint density at radius 3 is 2.32 bits per heavy atom. The Bertz CT molecular complexity index is 548. The summed E-state index contributed by atoms with van der Waals surface area (Å²) in [6.07, 6.45) is -0.646. The van der Waals surface area contributed by atoms with Crippen molar-refractivity contribution in [3.05, 3.63) is 17.7 Å². The molecular weight excluding hydrogens is 284 g/mol. The summed E-state index contributed by atoms with van der Waals surface area (Å²) < 4.78 is 10.4. The average Bonchev–Trinajstić information content (AvgIpc) is 2.38. The van der Waals surface area contributed by atoms with Crippen LogP contribution >= 0.6 is 0 Å². The van der Waals surface area contributed by atoms with Crippen molar-refractivity contribution in [1.82, 2.24) is 0 Å². The minimum absolute atomic E-state index is 0.148. The Balaban J connectivity index is 3.18. The van der Waals surface area contributed by atoms with E-state index in [0.717, 1.165) is 5.56 Å². The zero-order valence-corrected chi connectivity index (χ0v) is 14.1. The molecule has 1 amide bonds. The smallest absolute Gasteiger partial charge is 0.412 e. The fraction of sp³-hybridized carbons (Fsp3) is 0.562. The van der Waals surface area contributed by atoms with Crippen LogP contribution in [0.25, 0.3) is 0 Å². The van der Waals surface area contributed by atoms with Gasteiger partial charge in [0, 0.05) is 12.0 Å². The van der Waals surface area contributed by atoms with Crippen LogP contribution in [0.4, 0.5) is 10.5 Å². The van der Waals surface area contributed by atoms with Crippen molar-refractivity contribution in [2.75, 3.05) is 19.0 Å². The summed E-state index contributed by atoms with van der Waals surface area (Å²) in [5.74, 6) is 0.120. The summed E-state index contributed by atoms with van der Waals surface area (Å²) in [5.41, 5.74) is 5.90. The van der Waals surface area contributed by atoms with Gasteiger partial charge in [-0.3, -0.25) is 5.32 Å². The van der Waals surface area contributed by atoms with Gasteiger partial charge in [0.05, 0.1) is 12.8 Å². The van der Waals surface area contributed by atoms with Crippen molar-refractivity contribution >= 4 is 11.8 Å². The zero-order valence-electron chi connectivity index (χ0n) is 14.1. The molecule has 0 saturated heterocycles. The van der Waals surface area contributed by atoms with Crippen molar-refractivity contribution in [1.29, 1.82) is 0 Å². The monoisotopic (exact) mass is 310 g/mol.